The smallest absolute Gasteiger partial charge is 0.126 e. The highest BCUT2D eigenvalue weighted by atomic mass is 32.1. The van der Waals surface area contributed by atoms with Crippen LogP contribution in [0.3, 0.4) is 0 Å². The monoisotopic (exact) mass is 279 g/mol. The quantitative estimate of drug-likeness (QED) is 0.785. The average Bonchev–Trinajstić information content (AvgIpc) is 2.85. The minimum atomic E-state index is -0.122. The molecule has 1 aromatic carbocycles. The molecule has 0 aliphatic heterocycles. The van der Waals surface area contributed by atoms with Gasteiger partial charge in [0.25, 0.3) is 0 Å². The van der Waals surface area contributed by atoms with Crippen LogP contribution in [0.5, 0.6) is 0 Å². The Morgan fingerprint density at radius 2 is 1.95 bits per heavy atom. The summed E-state index contributed by atoms with van der Waals surface area (Å²) >= 11 is 1.75. The van der Waals surface area contributed by atoms with Gasteiger partial charge in [-0.15, -0.1) is 11.3 Å². The first-order chi connectivity index (χ1) is 9.29. The standard InChI is InChI=1S/C15H18FNOS/c1-18-11-14-7-6-13(19-14)10-17-9-8-12-4-2-3-5-15(12)16/h2-7,17H,8-11H2,1H3. The second-order valence-electron chi connectivity index (χ2n) is 4.32. The Labute approximate surface area is 117 Å². The van der Waals surface area contributed by atoms with Crippen LogP contribution in [-0.2, 0) is 24.3 Å². The molecule has 102 valence electrons. The van der Waals surface area contributed by atoms with Crippen LogP contribution in [0.15, 0.2) is 36.4 Å². The van der Waals surface area contributed by atoms with Crippen molar-refractivity contribution < 1.29 is 9.13 Å². The Balaban J connectivity index is 1.73. The molecule has 1 heterocycles. The minimum Gasteiger partial charge on any atom is -0.379 e. The summed E-state index contributed by atoms with van der Waals surface area (Å²) in [5.74, 6) is -0.122. The van der Waals surface area contributed by atoms with Crippen LogP contribution in [0.25, 0.3) is 0 Å². The molecule has 0 aliphatic rings. The predicted molar refractivity (Wildman–Crippen MR) is 76.8 cm³/mol. The molecule has 2 rings (SSSR count). The van der Waals surface area contributed by atoms with Gasteiger partial charge in [-0.25, -0.2) is 4.39 Å². The van der Waals surface area contributed by atoms with E-state index in [-0.39, 0.29) is 5.82 Å². The summed E-state index contributed by atoms with van der Waals surface area (Å²) in [6, 6.07) is 11.1. The van der Waals surface area contributed by atoms with E-state index in [1.165, 1.54) is 15.8 Å². The molecule has 0 amide bonds. The molecule has 0 spiro atoms. The fourth-order valence-corrected chi connectivity index (χ4v) is 2.83. The van der Waals surface area contributed by atoms with Crippen LogP contribution in [0, 0.1) is 5.82 Å². The molecule has 0 fully saturated rings. The number of benzene rings is 1. The first kappa shape index (κ1) is 14.2. The van der Waals surface area contributed by atoms with E-state index in [9.17, 15) is 4.39 Å². The molecular weight excluding hydrogens is 261 g/mol. The largest absolute Gasteiger partial charge is 0.379 e. The van der Waals surface area contributed by atoms with Crippen molar-refractivity contribution in [2.45, 2.75) is 19.6 Å². The molecule has 0 atom stereocenters. The lowest BCUT2D eigenvalue weighted by Crippen LogP contribution is -2.16. The second-order valence-corrected chi connectivity index (χ2v) is 5.57. The Hall–Kier alpha value is -1.23. The van der Waals surface area contributed by atoms with E-state index in [4.69, 9.17) is 4.74 Å². The Bertz CT molecular complexity index is 512. The van der Waals surface area contributed by atoms with Crippen molar-refractivity contribution in [3.63, 3.8) is 0 Å². The summed E-state index contributed by atoms with van der Waals surface area (Å²) in [4.78, 5) is 2.51. The Kier molecular flexibility index (Phi) is 5.51. The van der Waals surface area contributed by atoms with E-state index in [0.29, 0.717) is 13.0 Å². The van der Waals surface area contributed by atoms with Gasteiger partial charge in [-0.05, 0) is 36.7 Å². The van der Waals surface area contributed by atoms with Crippen LogP contribution in [0.1, 0.15) is 15.3 Å². The van der Waals surface area contributed by atoms with Crippen LogP contribution < -0.4 is 5.32 Å². The van der Waals surface area contributed by atoms with Crippen molar-refractivity contribution in [2.75, 3.05) is 13.7 Å². The fourth-order valence-electron chi connectivity index (χ4n) is 1.87. The molecular formula is C15H18FNOS. The highest BCUT2D eigenvalue weighted by molar-refractivity contribution is 7.11. The van der Waals surface area contributed by atoms with Gasteiger partial charge < -0.3 is 10.1 Å². The zero-order valence-electron chi connectivity index (χ0n) is 11.0. The van der Waals surface area contributed by atoms with Gasteiger partial charge >= 0.3 is 0 Å². The zero-order chi connectivity index (χ0) is 13.5. The van der Waals surface area contributed by atoms with Crippen LogP contribution in [-0.4, -0.2) is 13.7 Å². The van der Waals surface area contributed by atoms with Gasteiger partial charge in [0.15, 0.2) is 0 Å². The summed E-state index contributed by atoms with van der Waals surface area (Å²) in [5.41, 5.74) is 0.765. The van der Waals surface area contributed by atoms with Crippen molar-refractivity contribution in [2.24, 2.45) is 0 Å². The number of hydrogen-bond donors (Lipinski definition) is 1. The molecule has 19 heavy (non-hydrogen) atoms. The minimum absolute atomic E-state index is 0.122. The van der Waals surface area contributed by atoms with Gasteiger partial charge in [0.1, 0.15) is 5.82 Å². The van der Waals surface area contributed by atoms with Gasteiger partial charge in [0.05, 0.1) is 6.61 Å². The lowest BCUT2D eigenvalue weighted by Gasteiger charge is -2.04. The number of methoxy groups -OCH3 is 1. The second kappa shape index (κ2) is 7.38. The third-order valence-corrected chi connectivity index (χ3v) is 3.89. The molecule has 0 radical (unpaired) electrons. The summed E-state index contributed by atoms with van der Waals surface area (Å²) in [5, 5.41) is 3.34. The predicted octanol–water partition coefficient (Wildman–Crippen LogP) is 3.37. The molecule has 2 nitrogen and oxygen atoms in total. The Morgan fingerprint density at radius 1 is 1.16 bits per heavy atom. The van der Waals surface area contributed by atoms with E-state index < -0.39 is 0 Å². The van der Waals surface area contributed by atoms with Crippen LogP contribution >= 0.6 is 11.3 Å². The topological polar surface area (TPSA) is 21.3 Å². The lowest BCUT2D eigenvalue weighted by molar-refractivity contribution is 0.187. The number of rotatable bonds is 7. The van der Waals surface area contributed by atoms with Crippen molar-refractivity contribution >= 4 is 11.3 Å². The first-order valence-electron chi connectivity index (χ1n) is 6.30. The van der Waals surface area contributed by atoms with Crippen LogP contribution in [0.4, 0.5) is 4.39 Å². The molecule has 2 aromatic rings. The molecule has 4 heteroatoms. The number of hydrogen-bond acceptors (Lipinski definition) is 3. The van der Waals surface area contributed by atoms with Crippen molar-refractivity contribution in [1.82, 2.24) is 5.32 Å². The van der Waals surface area contributed by atoms with E-state index >= 15 is 0 Å². The van der Waals surface area contributed by atoms with Crippen molar-refractivity contribution in [3.8, 4) is 0 Å². The normalized spacial score (nSPS) is 10.8. The fraction of sp³-hybridized carbons (Fsp3) is 0.333. The van der Waals surface area contributed by atoms with E-state index in [1.54, 1.807) is 24.5 Å². The van der Waals surface area contributed by atoms with Gasteiger partial charge in [0, 0.05) is 23.4 Å². The summed E-state index contributed by atoms with van der Waals surface area (Å²) in [6.07, 6.45) is 0.711. The number of thiophene rings is 1. The molecule has 0 bridgehead atoms. The molecule has 0 saturated carbocycles. The zero-order valence-corrected chi connectivity index (χ0v) is 11.8. The van der Waals surface area contributed by atoms with E-state index in [2.05, 4.69) is 17.4 Å². The summed E-state index contributed by atoms with van der Waals surface area (Å²) in [6.45, 7) is 2.27. The first-order valence-corrected chi connectivity index (χ1v) is 7.12. The number of ether oxygens (including phenoxy) is 1. The van der Waals surface area contributed by atoms with E-state index in [0.717, 1.165) is 18.7 Å². The molecule has 1 N–H and O–H groups in total. The SMILES string of the molecule is COCc1ccc(CNCCc2ccccc2F)s1. The van der Waals surface area contributed by atoms with Gasteiger partial charge in [-0.2, -0.15) is 0 Å². The highest BCUT2D eigenvalue weighted by Gasteiger charge is 2.01. The Morgan fingerprint density at radius 3 is 2.74 bits per heavy atom. The summed E-state index contributed by atoms with van der Waals surface area (Å²) < 4.78 is 18.5. The maximum absolute atomic E-state index is 13.4. The summed E-state index contributed by atoms with van der Waals surface area (Å²) in [7, 11) is 1.70. The highest BCUT2D eigenvalue weighted by Crippen LogP contribution is 2.16. The third-order valence-electron chi connectivity index (χ3n) is 2.83. The number of nitrogens with one attached hydrogen (secondary N) is 1. The number of halogens is 1. The molecule has 0 saturated heterocycles. The van der Waals surface area contributed by atoms with Crippen LogP contribution in [0.2, 0.25) is 0 Å². The molecule has 0 aliphatic carbocycles. The average molecular weight is 279 g/mol. The van der Waals surface area contributed by atoms with E-state index in [1.807, 2.05) is 12.1 Å². The maximum Gasteiger partial charge on any atom is 0.126 e. The van der Waals surface area contributed by atoms with Gasteiger partial charge in [0.2, 0.25) is 0 Å². The van der Waals surface area contributed by atoms with Gasteiger partial charge in [-0.1, -0.05) is 18.2 Å². The maximum atomic E-state index is 13.4. The van der Waals surface area contributed by atoms with Gasteiger partial charge in [-0.3, -0.25) is 0 Å². The molecule has 0 unspecified atom stereocenters. The van der Waals surface area contributed by atoms with Crippen molar-refractivity contribution in [3.05, 3.63) is 57.5 Å². The van der Waals surface area contributed by atoms with Crippen molar-refractivity contribution in [1.29, 1.82) is 0 Å². The molecule has 1 aromatic heterocycles. The third kappa shape index (κ3) is 4.42. The lowest BCUT2D eigenvalue weighted by atomic mass is 10.1.